The molecule has 8 heteroatoms. The summed E-state index contributed by atoms with van der Waals surface area (Å²) in [6.07, 6.45) is 13.3. The topological polar surface area (TPSA) is 98.0 Å². The Morgan fingerprint density at radius 3 is 2.00 bits per heavy atom. The lowest BCUT2D eigenvalue weighted by Crippen LogP contribution is -2.58. The van der Waals surface area contributed by atoms with Crippen LogP contribution in [0.25, 0.3) is 21.8 Å². The number of fused-ring (bicyclic) bond motifs is 11. The maximum Gasteiger partial charge on any atom is 0.258 e. The summed E-state index contributed by atoms with van der Waals surface area (Å²) in [5.41, 5.74) is 7.58. The fourth-order valence-electron chi connectivity index (χ4n) is 10.4. The Hall–Kier alpha value is -3.36. The normalized spacial score (nSPS) is 32.8. The van der Waals surface area contributed by atoms with Gasteiger partial charge in [0, 0.05) is 30.6 Å². The minimum atomic E-state index is -0.0210. The molecule has 2 N–H and O–H groups in total. The van der Waals surface area contributed by atoms with Crippen molar-refractivity contribution in [1.82, 2.24) is 29.7 Å². The summed E-state index contributed by atoms with van der Waals surface area (Å²) in [5.74, 6) is 3.12. The number of H-pyrrole nitrogens is 2. The van der Waals surface area contributed by atoms with E-state index in [4.69, 9.17) is 0 Å². The molecule has 2 aromatic heterocycles. The van der Waals surface area contributed by atoms with Crippen molar-refractivity contribution in [3.05, 3.63) is 79.9 Å². The van der Waals surface area contributed by atoms with E-state index in [0.29, 0.717) is 23.9 Å². The van der Waals surface area contributed by atoms with E-state index in [-0.39, 0.29) is 21.9 Å². The predicted molar refractivity (Wildman–Crippen MR) is 191 cm³/mol. The number of benzene rings is 2. The van der Waals surface area contributed by atoms with Crippen molar-refractivity contribution in [2.45, 2.75) is 102 Å². The first kappa shape index (κ1) is 30.7. The summed E-state index contributed by atoms with van der Waals surface area (Å²) in [5, 5.41) is 1.48. The van der Waals surface area contributed by atoms with Crippen LogP contribution in [0.1, 0.15) is 88.5 Å². The molecule has 4 heterocycles. The molecule has 4 bridgehead atoms. The molecule has 6 atom stereocenters. The molecule has 4 aromatic rings. The molecule has 4 aliphatic carbocycles. The fourth-order valence-corrected chi connectivity index (χ4v) is 10.4. The minimum Gasteiger partial charge on any atom is -0.313 e. The smallest absolute Gasteiger partial charge is 0.258 e. The fraction of sp³-hybridized carbons (Fsp3) is 0.600. The molecule has 8 nitrogen and oxygen atoms in total. The van der Waals surface area contributed by atoms with Crippen molar-refractivity contribution >= 4 is 21.8 Å². The third kappa shape index (κ3) is 4.84. The largest absolute Gasteiger partial charge is 0.313 e. The molecule has 48 heavy (non-hydrogen) atoms. The number of hydrogen-bond acceptors (Lipinski definition) is 6. The van der Waals surface area contributed by atoms with Crippen LogP contribution in [0.5, 0.6) is 0 Å². The van der Waals surface area contributed by atoms with Gasteiger partial charge >= 0.3 is 0 Å². The highest BCUT2D eigenvalue weighted by molar-refractivity contribution is 5.84. The lowest BCUT2D eigenvalue weighted by molar-refractivity contribution is 0.0285. The van der Waals surface area contributed by atoms with Gasteiger partial charge in [0.2, 0.25) is 0 Å². The Morgan fingerprint density at radius 2 is 1.33 bits per heavy atom. The molecule has 0 radical (unpaired) electrons. The first-order valence-corrected chi connectivity index (χ1v) is 18.6. The van der Waals surface area contributed by atoms with Gasteiger partial charge < -0.3 is 9.97 Å². The van der Waals surface area contributed by atoms with E-state index in [2.05, 4.69) is 75.6 Å². The van der Waals surface area contributed by atoms with Crippen LogP contribution >= 0.6 is 0 Å². The zero-order chi connectivity index (χ0) is 32.9. The summed E-state index contributed by atoms with van der Waals surface area (Å²) in [6.45, 7) is 14.6. The van der Waals surface area contributed by atoms with E-state index in [9.17, 15) is 9.59 Å². The highest BCUT2D eigenvalue weighted by Crippen LogP contribution is 2.52. The summed E-state index contributed by atoms with van der Waals surface area (Å²) in [4.78, 5) is 44.3. The van der Waals surface area contributed by atoms with Gasteiger partial charge in [0.1, 0.15) is 0 Å². The highest BCUT2D eigenvalue weighted by atomic mass is 16.1. The first-order valence-electron chi connectivity index (χ1n) is 18.6. The summed E-state index contributed by atoms with van der Waals surface area (Å²) < 4.78 is 0. The second-order valence-corrected chi connectivity index (χ2v) is 16.8. The van der Waals surface area contributed by atoms with Crippen LogP contribution in [0.2, 0.25) is 0 Å². The van der Waals surface area contributed by atoms with Crippen molar-refractivity contribution in [3.8, 4) is 0 Å². The lowest BCUT2D eigenvalue weighted by Gasteiger charge is -2.54. The van der Waals surface area contributed by atoms with Crippen LogP contribution < -0.4 is 11.1 Å². The summed E-state index contributed by atoms with van der Waals surface area (Å²) >= 11 is 0. The van der Waals surface area contributed by atoms with Crippen LogP contribution in [-0.2, 0) is 23.7 Å². The van der Waals surface area contributed by atoms with Crippen LogP contribution in [0.3, 0.4) is 0 Å². The van der Waals surface area contributed by atoms with Crippen molar-refractivity contribution in [2.75, 3.05) is 26.2 Å². The molecule has 252 valence electrons. The van der Waals surface area contributed by atoms with Gasteiger partial charge in [0.25, 0.3) is 11.1 Å². The number of aromatic amines is 2. The highest BCUT2D eigenvalue weighted by Gasteiger charge is 2.51. The Morgan fingerprint density at radius 1 is 0.750 bits per heavy atom. The van der Waals surface area contributed by atoms with E-state index in [1.165, 1.54) is 86.9 Å². The number of hydrogen-bond donors (Lipinski definition) is 2. The van der Waals surface area contributed by atoms with Gasteiger partial charge in [0.15, 0.2) is 0 Å². The third-order valence-corrected chi connectivity index (χ3v) is 14.1. The van der Waals surface area contributed by atoms with Crippen molar-refractivity contribution in [3.63, 3.8) is 0 Å². The first-order chi connectivity index (χ1) is 23.1. The second-order valence-electron chi connectivity index (χ2n) is 16.8. The molecule has 0 spiro atoms. The van der Waals surface area contributed by atoms with Crippen LogP contribution in [0.15, 0.2) is 46.5 Å². The maximum absolute atomic E-state index is 12.2. The van der Waals surface area contributed by atoms with Crippen molar-refractivity contribution in [2.24, 2.45) is 23.7 Å². The lowest BCUT2D eigenvalue weighted by atomic mass is 9.58. The number of rotatable bonds is 4. The quantitative estimate of drug-likeness (QED) is 0.295. The molecule has 4 fully saturated rings. The van der Waals surface area contributed by atoms with E-state index in [1.54, 1.807) is 6.33 Å². The van der Waals surface area contributed by atoms with Gasteiger partial charge in [0.05, 0.1) is 34.5 Å². The summed E-state index contributed by atoms with van der Waals surface area (Å²) in [7, 11) is 0. The van der Waals surface area contributed by atoms with Crippen LogP contribution in [0.4, 0.5) is 0 Å². The van der Waals surface area contributed by atoms with Crippen LogP contribution in [-0.4, -0.2) is 68.0 Å². The standard InChI is InChI=1S/2C20H25N3O/c1-12-18-8-14-7-17-15(19(24)22-11-21-17)9-16(14)20(12,2)5-6-23(18)10-13-3-4-13;1-12-16-9-14-5-6-15-18(21-11-22-19(15)24)17(14)20(12,2)7-8-23(16)10-13-3-4-13/h7,9,11-13,18H,3-6,8,10H2,1-2H3,(H,21,22,24);5-6,11-13,16H,3-4,7-10H2,1-2H3,(H,21,22,24)/t12-,18?,20-;12-,16?,20-/m00/s1. The van der Waals surface area contributed by atoms with Gasteiger partial charge in [-0.25, -0.2) is 9.97 Å². The van der Waals surface area contributed by atoms with Crippen molar-refractivity contribution in [1.29, 1.82) is 0 Å². The molecule has 2 aromatic carbocycles. The Kier molecular flexibility index (Phi) is 7.08. The maximum atomic E-state index is 12.2. The van der Waals surface area contributed by atoms with E-state index < -0.39 is 0 Å². The zero-order valence-corrected chi connectivity index (χ0v) is 29.0. The third-order valence-electron chi connectivity index (χ3n) is 14.1. The number of likely N-dealkylation sites (tertiary alicyclic amines) is 2. The monoisotopic (exact) mass is 646 g/mol. The molecule has 0 amide bonds. The predicted octanol–water partition coefficient (Wildman–Crippen LogP) is 5.71. The molecular weight excluding hydrogens is 596 g/mol. The molecular formula is C40H50N6O2. The van der Waals surface area contributed by atoms with Gasteiger partial charge in [-0.15, -0.1) is 0 Å². The average Bonchev–Trinajstić information content (AvgIpc) is 4.01. The Bertz CT molecular complexity index is 1990. The van der Waals surface area contributed by atoms with E-state index in [1.807, 2.05) is 6.07 Å². The number of nitrogens with zero attached hydrogens (tertiary/aromatic N) is 4. The van der Waals surface area contributed by atoms with Crippen molar-refractivity contribution < 1.29 is 0 Å². The molecule has 2 unspecified atom stereocenters. The second kappa shape index (κ2) is 11.1. The minimum absolute atomic E-state index is 0.0210. The Balaban J connectivity index is 0.000000131. The SMILES string of the molecule is C[C@H]1C2Cc3cc4nc[nH]c(=O)c4cc3[C@@]1(C)CCN2CC1CC1.C[C@H]1C2Cc3ccc4c(=O)[nH]cnc4c3[C@@]1(C)CCN2CC1CC1. The molecule has 10 rings (SSSR count). The number of piperidine rings is 2. The molecule has 2 aliphatic heterocycles. The summed E-state index contributed by atoms with van der Waals surface area (Å²) in [6, 6.07) is 9.75. The number of nitrogens with one attached hydrogen (secondary N) is 2. The van der Waals surface area contributed by atoms with E-state index >= 15 is 0 Å². The van der Waals surface area contributed by atoms with Crippen LogP contribution in [0, 0.1) is 23.7 Å². The Labute approximate surface area is 282 Å². The van der Waals surface area contributed by atoms with Gasteiger partial charge in [-0.2, -0.15) is 0 Å². The number of aromatic nitrogens is 4. The van der Waals surface area contributed by atoms with Gasteiger partial charge in [-0.05, 0) is 134 Å². The molecule has 6 aliphatic rings. The zero-order valence-electron chi connectivity index (χ0n) is 29.0. The van der Waals surface area contributed by atoms with Gasteiger partial charge in [-0.3, -0.25) is 19.4 Å². The molecule has 2 saturated carbocycles. The van der Waals surface area contributed by atoms with Gasteiger partial charge in [-0.1, -0.05) is 33.8 Å². The average molecular weight is 647 g/mol. The van der Waals surface area contributed by atoms with E-state index in [0.717, 1.165) is 52.9 Å². The molecule has 2 saturated heterocycles.